The Kier molecular flexibility index (Phi) is 5.99. The molecule has 2 heterocycles. The third-order valence-electron chi connectivity index (χ3n) is 3.66. The Bertz CT molecular complexity index is 854. The van der Waals surface area contributed by atoms with Crippen LogP contribution in [0.3, 0.4) is 0 Å². The molecule has 0 aliphatic rings. The summed E-state index contributed by atoms with van der Waals surface area (Å²) in [5, 5.41) is 3.02. The van der Waals surface area contributed by atoms with Crippen LogP contribution >= 0.6 is 27.7 Å². The first-order valence-electron chi connectivity index (χ1n) is 7.83. The van der Waals surface area contributed by atoms with Crippen LogP contribution in [0.25, 0.3) is 17.1 Å². The average molecular weight is 420 g/mol. The normalized spacial score (nSPS) is 12.7. The number of nitrogens with zero attached hydrogens (tertiary/aromatic N) is 1. The summed E-state index contributed by atoms with van der Waals surface area (Å²) in [6.07, 6.45) is 5.96. The second-order valence-electron chi connectivity index (χ2n) is 5.46. The standard InChI is InChI=1S/C18H18BrN3O2S/c1-25-11-10-15(18-21-13-4-2-3-5-14(13)22-18)20-17(23)9-7-12-6-8-16(19)24-12/h2-9,15H,10-11H2,1H3,(H,20,23)(H,21,22)/t15-/m0/s1. The zero-order valence-electron chi connectivity index (χ0n) is 13.7. The summed E-state index contributed by atoms with van der Waals surface area (Å²) in [6.45, 7) is 0. The Labute approximate surface area is 158 Å². The Morgan fingerprint density at radius 2 is 2.24 bits per heavy atom. The Hall–Kier alpha value is -1.99. The van der Waals surface area contributed by atoms with Crippen LogP contribution in [0.5, 0.6) is 0 Å². The van der Waals surface area contributed by atoms with Gasteiger partial charge in [-0.2, -0.15) is 11.8 Å². The largest absolute Gasteiger partial charge is 0.450 e. The van der Waals surface area contributed by atoms with Crippen LogP contribution in [0.1, 0.15) is 24.0 Å². The van der Waals surface area contributed by atoms with Crippen molar-refractivity contribution in [2.45, 2.75) is 12.5 Å². The van der Waals surface area contributed by atoms with E-state index in [0.29, 0.717) is 10.4 Å². The van der Waals surface area contributed by atoms with Crippen molar-refractivity contribution in [2.24, 2.45) is 0 Å². The Morgan fingerprint density at radius 1 is 1.40 bits per heavy atom. The first-order chi connectivity index (χ1) is 12.2. The number of amides is 1. The number of furan rings is 1. The molecule has 5 nitrogen and oxygen atoms in total. The van der Waals surface area contributed by atoms with Gasteiger partial charge in [-0.15, -0.1) is 0 Å². The van der Waals surface area contributed by atoms with Gasteiger partial charge in [-0.05, 0) is 64.7 Å². The molecule has 0 unspecified atom stereocenters. The van der Waals surface area contributed by atoms with Gasteiger partial charge in [0.2, 0.25) is 5.91 Å². The van der Waals surface area contributed by atoms with E-state index in [0.717, 1.165) is 29.0 Å². The molecule has 130 valence electrons. The van der Waals surface area contributed by atoms with Crippen molar-refractivity contribution in [3.63, 3.8) is 0 Å². The highest BCUT2D eigenvalue weighted by atomic mass is 79.9. The fraction of sp³-hybridized carbons (Fsp3) is 0.222. The number of hydrogen-bond donors (Lipinski definition) is 2. The van der Waals surface area contributed by atoms with Crippen molar-refractivity contribution >= 4 is 50.7 Å². The number of thioether (sulfide) groups is 1. The summed E-state index contributed by atoms with van der Waals surface area (Å²) < 4.78 is 5.99. The number of hydrogen-bond acceptors (Lipinski definition) is 4. The van der Waals surface area contributed by atoms with E-state index >= 15 is 0 Å². The highest BCUT2D eigenvalue weighted by Crippen LogP contribution is 2.20. The molecule has 0 radical (unpaired) electrons. The fourth-order valence-electron chi connectivity index (χ4n) is 2.45. The average Bonchev–Trinajstić information content (AvgIpc) is 3.22. The van der Waals surface area contributed by atoms with Crippen LogP contribution in [-0.4, -0.2) is 27.9 Å². The van der Waals surface area contributed by atoms with Crippen LogP contribution in [0.2, 0.25) is 0 Å². The second-order valence-corrected chi connectivity index (χ2v) is 7.22. The highest BCUT2D eigenvalue weighted by Gasteiger charge is 2.17. The summed E-state index contributed by atoms with van der Waals surface area (Å²) in [4.78, 5) is 20.2. The van der Waals surface area contributed by atoms with Gasteiger partial charge in [0, 0.05) is 6.08 Å². The molecule has 0 bridgehead atoms. The van der Waals surface area contributed by atoms with E-state index < -0.39 is 0 Å². The summed E-state index contributed by atoms with van der Waals surface area (Å²) in [7, 11) is 0. The van der Waals surface area contributed by atoms with Crippen molar-refractivity contribution in [1.82, 2.24) is 15.3 Å². The van der Waals surface area contributed by atoms with Gasteiger partial charge in [-0.3, -0.25) is 4.79 Å². The van der Waals surface area contributed by atoms with Gasteiger partial charge in [-0.25, -0.2) is 4.98 Å². The molecular formula is C18H18BrN3O2S. The van der Waals surface area contributed by atoms with Crippen LogP contribution in [0, 0.1) is 0 Å². The molecule has 0 saturated carbocycles. The van der Waals surface area contributed by atoms with Crippen molar-refractivity contribution < 1.29 is 9.21 Å². The maximum absolute atomic E-state index is 12.3. The van der Waals surface area contributed by atoms with E-state index in [2.05, 4.69) is 31.2 Å². The van der Waals surface area contributed by atoms with Gasteiger partial charge in [0.15, 0.2) is 4.67 Å². The predicted molar refractivity (Wildman–Crippen MR) is 105 cm³/mol. The zero-order chi connectivity index (χ0) is 17.6. The first kappa shape index (κ1) is 17.8. The van der Waals surface area contributed by atoms with Crippen molar-refractivity contribution in [3.05, 3.63) is 58.7 Å². The maximum atomic E-state index is 12.3. The summed E-state index contributed by atoms with van der Waals surface area (Å²) >= 11 is 4.98. The highest BCUT2D eigenvalue weighted by molar-refractivity contribution is 9.10. The van der Waals surface area contributed by atoms with E-state index in [4.69, 9.17) is 4.42 Å². The number of carbonyl (C=O) groups excluding carboxylic acids is 1. The minimum Gasteiger partial charge on any atom is -0.450 e. The van der Waals surface area contributed by atoms with Gasteiger partial charge in [0.05, 0.1) is 17.1 Å². The number of fused-ring (bicyclic) bond motifs is 1. The SMILES string of the molecule is CSCC[C@H](NC(=O)C=Cc1ccc(Br)o1)c1nc2ccccc2[nH]1. The lowest BCUT2D eigenvalue weighted by Crippen LogP contribution is -2.28. The molecule has 0 saturated heterocycles. The van der Waals surface area contributed by atoms with Gasteiger partial charge < -0.3 is 14.7 Å². The number of rotatable bonds is 7. The minimum absolute atomic E-state index is 0.166. The van der Waals surface area contributed by atoms with Crippen molar-refractivity contribution in [2.75, 3.05) is 12.0 Å². The number of H-pyrrole nitrogens is 1. The topological polar surface area (TPSA) is 70.9 Å². The minimum atomic E-state index is -0.181. The molecule has 7 heteroatoms. The Balaban J connectivity index is 1.73. The zero-order valence-corrected chi connectivity index (χ0v) is 16.1. The number of nitrogens with one attached hydrogen (secondary N) is 2. The third kappa shape index (κ3) is 4.76. The van der Waals surface area contributed by atoms with Crippen molar-refractivity contribution in [3.8, 4) is 0 Å². The summed E-state index contributed by atoms with van der Waals surface area (Å²) in [5.41, 5.74) is 1.87. The van der Waals surface area contributed by atoms with Gasteiger partial charge in [0.1, 0.15) is 11.6 Å². The molecule has 1 aromatic carbocycles. The summed E-state index contributed by atoms with van der Waals surface area (Å²) in [6, 6.07) is 11.3. The molecule has 2 N–H and O–H groups in total. The van der Waals surface area contributed by atoms with E-state index in [-0.39, 0.29) is 11.9 Å². The smallest absolute Gasteiger partial charge is 0.244 e. The number of aromatic nitrogens is 2. The molecule has 0 aliphatic carbocycles. The van der Waals surface area contributed by atoms with E-state index in [1.54, 1.807) is 30.0 Å². The molecular weight excluding hydrogens is 402 g/mol. The molecule has 0 spiro atoms. The number of para-hydroxylation sites is 2. The lowest BCUT2D eigenvalue weighted by Gasteiger charge is -2.15. The van der Waals surface area contributed by atoms with E-state index in [1.165, 1.54) is 6.08 Å². The lowest BCUT2D eigenvalue weighted by molar-refractivity contribution is -0.117. The van der Waals surface area contributed by atoms with Gasteiger partial charge >= 0.3 is 0 Å². The molecule has 0 aliphatic heterocycles. The van der Waals surface area contributed by atoms with Crippen LogP contribution < -0.4 is 5.32 Å². The van der Waals surface area contributed by atoms with Gasteiger partial charge in [-0.1, -0.05) is 12.1 Å². The number of aromatic amines is 1. The number of benzene rings is 1. The molecule has 2 aromatic heterocycles. The quantitative estimate of drug-likeness (QED) is 0.551. The number of halogens is 1. The maximum Gasteiger partial charge on any atom is 0.244 e. The first-order valence-corrected chi connectivity index (χ1v) is 10.0. The fourth-order valence-corrected chi connectivity index (χ4v) is 3.24. The molecule has 25 heavy (non-hydrogen) atoms. The molecule has 1 atom stereocenters. The molecule has 0 fully saturated rings. The van der Waals surface area contributed by atoms with E-state index in [1.807, 2.05) is 30.5 Å². The lowest BCUT2D eigenvalue weighted by atomic mass is 10.2. The van der Waals surface area contributed by atoms with E-state index in [9.17, 15) is 4.79 Å². The van der Waals surface area contributed by atoms with Crippen LogP contribution in [0.15, 0.2) is 51.6 Å². The van der Waals surface area contributed by atoms with Crippen LogP contribution in [-0.2, 0) is 4.79 Å². The molecule has 1 amide bonds. The Morgan fingerprint density at radius 3 is 2.96 bits per heavy atom. The summed E-state index contributed by atoms with van der Waals surface area (Å²) in [5.74, 6) is 2.14. The number of imidazole rings is 1. The second kappa shape index (κ2) is 8.40. The number of carbonyl (C=O) groups is 1. The molecule has 3 aromatic rings. The third-order valence-corrected chi connectivity index (χ3v) is 4.73. The predicted octanol–water partition coefficient (Wildman–Crippen LogP) is 4.54. The van der Waals surface area contributed by atoms with Crippen molar-refractivity contribution in [1.29, 1.82) is 0 Å². The van der Waals surface area contributed by atoms with Gasteiger partial charge in [0.25, 0.3) is 0 Å². The molecule has 3 rings (SSSR count). The van der Waals surface area contributed by atoms with Crippen LogP contribution in [0.4, 0.5) is 0 Å². The monoisotopic (exact) mass is 419 g/mol.